The molecule has 1 aliphatic carbocycles. The van der Waals surface area contributed by atoms with E-state index in [1.54, 1.807) is 0 Å². The average molecular weight is 267 g/mol. The third-order valence-corrected chi connectivity index (χ3v) is 5.45. The molecule has 0 aromatic carbocycles. The second kappa shape index (κ2) is 7.08. The van der Waals surface area contributed by atoms with Gasteiger partial charge in [-0.25, -0.2) is 0 Å². The van der Waals surface area contributed by atoms with Crippen molar-refractivity contribution >= 4 is 0 Å². The molecule has 3 atom stereocenters. The Morgan fingerprint density at radius 3 is 2.47 bits per heavy atom. The first kappa shape index (κ1) is 15.3. The summed E-state index contributed by atoms with van der Waals surface area (Å²) in [6.45, 7) is 7.86. The highest BCUT2D eigenvalue weighted by Crippen LogP contribution is 2.30. The molecule has 1 heterocycles. The highest BCUT2D eigenvalue weighted by atomic mass is 16.5. The third kappa shape index (κ3) is 4.46. The fraction of sp³-hybridized carbons (Fsp3) is 1.00. The molecule has 2 aliphatic rings. The van der Waals surface area contributed by atoms with Gasteiger partial charge in [0.25, 0.3) is 0 Å². The Hall–Kier alpha value is -0.0800. The van der Waals surface area contributed by atoms with Crippen molar-refractivity contribution in [2.45, 2.75) is 96.2 Å². The standard InChI is InChI=1S/C17H33NO/c1-4-17(3)13-16(11-12-19-17)18-14(2)15-9-7-5-6-8-10-15/h14-16,18H,4-13H2,1-3H3/t14-,16?,17?/m0/s1. The molecule has 2 heteroatoms. The van der Waals surface area contributed by atoms with Crippen molar-refractivity contribution in [3.8, 4) is 0 Å². The number of hydrogen-bond donors (Lipinski definition) is 1. The molecule has 0 bridgehead atoms. The van der Waals surface area contributed by atoms with Crippen LogP contribution in [-0.4, -0.2) is 24.3 Å². The van der Waals surface area contributed by atoms with E-state index in [4.69, 9.17) is 4.74 Å². The van der Waals surface area contributed by atoms with Crippen molar-refractivity contribution in [1.82, 2.24) is 5.32 Å². The molecule has 2 unspecified atom stereocenters. The molecular formula is C17H33NO. The number of nitrogens with one attached hydrogen (secondary N) is 1. The van der Waals surface area contributed by atoms with Crippen molar-refractivity contribution in [1.29, 1.82) is 0 Å². The Balaban J connectivity index is 1.82. The van der Waals surface area contributed by atoms with Gasteiger partial charge < -0.3 is 10.1 Å². The highest BCUT2D eigenvalue weighted by molar-refractivity contribution is 4.88. The number of rotatable bonds is 4. The van der Waals surface area contributed by atoms with Gasteiger partial charge in [-0.05, 0) is 51.9 Å². The minimum Gasteiger partial charge on any atom is -0.375 e. The Morgan fingerprint density at radius 1 is 1.16 bits per heavy atom. The Labute approximate surface area is 119 Å². The van der Waals surface area contributed by atoms with Crippen molar-refractivity contribution in [3.63, 3.8) is 0 Å². The Morgan fingerprint density at radius 2 is 1.84 bits per heavy atom. The molecule has 0 radical (unpaired) electrons. The first-order valence-corrected chi connectivity index (χ1v) is 8.53. The second-order valence-corrected chi connectivity index (χ2v) is 7.05. The lowest BCUT2D eigenvalue weighted by atomic mass is 9.87. The van der Waals surface area contributed by atoms with Crippen LogP contribution in [0.1, 0.15) is 78.6 Å². The molecule has 1 N–H and O–H groups in total. The maximum atomic E-state index is 5.95. The lowest BCUT2D eigenvalue weighted by Gasteiger charge is -2.40. The number of hydrogen-bond acceptors (Lipinski definition) is 2. The van der Waals surface area contributed by atoms with Crippen LogP contribution in [0.4, 0.5) is 0 Å². The van der Waals surface area contributed by atoms with E-state index >= 15 is 0 Å². The van der Waals surface area contributed by atoms with Gasteiger partial charge in [-0.3, -0.25) is 0 Å². The summed E-state index contributed by atoms with van der Waals surface area (Å²) in [5.41, 5.74) is 0.110. The molecule has 1 aliphatic heterocycles. The molecule has 0 aromatic heterocycles. The van der Waals surface area contributed by atoms with E-state index in [1.807, 2.05) is 0 Å². The predicted molar refractivity (Wildman–Crippen MR) is 81.5 cm³/mol. The first-order valence-electron chi connectivity index (χ1n) is 8.53. The van der Waals surface area contributed by atoms with Gasteiger partial charge >= 0.3 is 0 Å². The van der Waals surface area contributed by atoms with Gasteiger partial charge in [0.1, 0.15) is 0 Å². The summed E-state index contributed by atoms with van der Waals surface area (Å²) >= 11 is 0. The van der Waals surface area contributed by atoms with Crippen LogP contribution in [0, 0.1) is 5.92 Å². The van der Waals surface area contributed by atoms with Crippen LogP contribution in [-0.2, 0) is 4.74 Å². The van der Waals surface area contributed by atoms with E-state index in [-0.39, 0.29) is 5.60 Å². The summed E-state index contributed by atoms with van der Waals surface area (Å²) < 4.78 is 5.95. The van der Waals surface area contributed by atoms with Crippen LogP contribution < -0.4 is 5.32 Å². The topological polar surface area (TPSA) is 21.3 Å². The summed E-state index contributed by atoms with van der Waals surface area (Å²) in [5, 5.41) is 3.93. The third-order valence-electron chi connectivity index (χ3n) is 5.45. The predicted octanol–water partition coefficient (Wildman–Crippen LogP) is 4.28. The fourth-order valence-electron chi connectivity index (χ4n) is 3.84. The maximum absolute atomic E-state index is 5.95. The van der Waals surface area contributed by atoms with E-state index < -0.39 is 0 Å². The van der Waals surface area contributed by atoms with Gasteiger partial charge in [0.05, 0.1) is 5.60 Å². The lowest BCUT2D eigenvalue weighted by molar-refractivity contribution is -0.0796. The SMILES string of the molecule is CCC1(C)CC(N[C@@H](C)C2CCCCCC2)CCO1. The zero-order valence-corrected chi connectivity index (χ0v) is 13.2. The minimum absolute atomic E-state index is 0.110. The molecule has 0 amide bonds. The molecule has 19 heavy (non-hydrogen) atoms. The van der Waals surface area contributed by atoms with Gasteiger partial charge in [0.15, 0.2) is 0 Å². The largest absolute Gasteiger partial charge is 0.375 e. The summed E-state index contributed by atoms with van der Waals surface area (Å²) in [6, 6.07) is 1.35. The summed E-state index contributed by atoms with van der Waals surface area (Å²) in [6.07, 6.45) is 12.2. The monoisotopic (exact) mass is 267 g/mol. The first-order chi connectivity index (χ1) is 9.13. The van der Waals surface area contributed by atoms with Crippen LogP contribution in [0.25, 0.3) is 0 Å². The van der Waals surface area contributed by atoms with Crippen molar-refractivity contribution < 1.29 is 4.74 Å². The molecule has 112 valence electrons. The van der Waals surface area contributed by atoms with Crippen molar-refractivity contribution in [3.05, 3.63) is 0 Å². The van der Waals surface area contributed by atoms with E-state index in [0.29, 0.717) is 12.1 Å². The molecule has 2 rings (SSSR count). The molecule has 0 spiro atoms. The quantitative estimate of drug-likeness (QED) is 0.768. The van der Waals surface area contributed by atoms with E-state index in [0.717, 1.165) is 18.9 Å². The van der Waals surface area contributed by atoms with Crippen LogP contribution in [0.15, 0.2) is 0 Å². The van der Waals surface area contributed by atoms with Gasteiger partial charge in [-0.15, -0.1) is 0 Å². The smallest absolute Gasteiger partial charge is 0.0666 e. The van der Waals surface area contributed by atoms with Crippen molar-refractivity contribution in [2.24, 2.45) is 5.92 Å². The maximum Gasteiger partial charge on any atom is 0.0666 e. The van der Waals surface area contributed by atoms with Crippen LogP contribution in [0.2, 0.25) is 0 Å². The average Bonchev–Trinajstić information content (AvgIpc) is 2.68. The highest BCUT2D eigenvalue weighted by Gasteiger charge is 2.32. The summed E-state index contributed by atoms with van der Waals surface area (Å²) in [7, 11) is 0. The summed E-state index contributed by atoms with van der Waals surface area (Å²) in [4.78, 5) is 0. The Bertz CT molecular complexity index is 260. The second-order valence-electron chi connectivity index (χ2n) is 7.05. The molecule has 2 nitrogen and oxygen atoms in total. The van der Waals surface area contributed by atoms with Gasteiger partial charge in [-0.1, -0.05) is 32.6 Å². The molecule has 0 aromatic rings. The fourth-order valence-corrected chi connectivity index (χ4v) is 3.84. The van der Waals surface area contributed by atoms with E-state index in [2.05, 4.69) is 26.1 Å². The zero-order chi connectivity index (χ0) is 13.7. The lowest BCUT2D eigenvalue weighted by Crippen LogP contribution is -2.49. The molecule has 2 fully saturated rings. The molecular weight excluding hydrogens is 234 g/mol. The zero-order valence-electron chi connectivity index (χ0n) is 13.2. The van der Waals surface area contributed by atoms with E-state index in [9.17, 15) is 0 Å². The summed E-state index contributed by atoms with van der Waals surface area (Å²) in [5.74, 6) is 0.901. The van der Waals surface area contributed by atoms with Crippen LogP contribution >= 0.6 is 0 Å². The van der Waals surface area contributed by atoms with Crippen LogP contribution in [0.3, 0.4) is 0 Å². The van der Waals surface area contributed by atoms with Crippen LogP contribution in [0.5, 0.6) is 0 Å². The number of ether oxygens (including phenoxy) is 1. The minimum atomic E-state index is 0.110. The molecule has 1 saturated heterocycles. The van der Waals surface area contributed by atoms with E-state index in [1.165, 1.54) is 51.4 Å². The normalized spacial score (nSPS) is 35.8. The van der Waals surface area contributed by atoms with Crippen molar-refractivity contribution in [2.75, 3.05) is 6.61 Å². The van der Waals surface area contributed by atoms with Gasteiger partial charge in [0.2, 0.25) is 0 Å². The Kier molecular flexibility index (Phi) is 5.70. The van der Waals surface area contributed by atoms with Gasteiger partial charge in [0, 0.05) is 18.7 Å². The molecule has 1 saturated carbocycles. The van der Waals surface area contributed by atoms with Gasteiger partial charge in [-0.2, -0.15) is 0 Å².